The second-order valence-electron chi connectivity index (χ2n) is 4.45. The van der Waals surface area contributed by atoms with Crippen LogP contribution in [0, 0.1) is 12.7 Å². The lowest BCUT2D eigenvalue weighted by Gasteiger charge is -2.17. The van der Waals surface area contributed by atoms with Gasteiger partial charge in [-0.05, 0) is 32.0 Å². The molecule has 1 unspecified atom stereocenters. The molecule has 6 heteroatoms. The van der Waals surface area contributed by atoms with Gasteiger partial charge in [0.1, 0.15) is 5.82 Å². The highest BCUT2D eigenvalue weighted by Crippen LogP contribution is 2.22. The van der Waals surface area contributed by atoms with E-state index in [1.807, 2.05) is 13.8 Å². The van der Waals surface area contributed by atoms with E-state index in [-0.39, 0.29) is 17.3 Å². The molecule has 0 aliphatic rings. The van der Waals surface area contributed by atoms with Crippen LogP contribution in [0.5, 0.6) is 0 Å². The molecule has 1 aromatic carbocycles. The Morgan fingerprint density at radius 2 is 2.05 bits per heavy atom. The smallest absolute Gasteiger partial charge is 0.248 e. The van der Waals surface area contributed by atoms with Crippen molar-refractivity contribution in [2.24, 2.45) is 5.73 Å². The van der Waals surface area contributed by atoms with E-state index < -0.39 is 11.7 Å². The fourth-order valence-electron chi connectivity index (χ4n) is 1.93. The number of hydrogen-bond acceptors (Lipinski definition) is 4. The van der Waals surface area contributed by atoms with Crippen LogP contribution in [0.3, 0.4) is 0 Å². The average molecular weight is 274 g/mol. The summed E-state index contributed by atoms with van der Waals surface area (Å²) in [6, 6.07) is 3.70. The van der Waals surface area contributed by atoms with Gasteiger partial charge in [0, 0.05) is 18.0 Å². The summed E-state index contributed by atoms with van der Waals surface area (Å²) in [5.74, 6) is -1.06. The number of carbonyl (C=O) groups is 1. The molecule has 0 bridgehead atoms. The summed E-state index contributed by atoms with van der Waals surface area (Å²) in [6.07, 6.45) is 3.18. The number of aryl methyl sites for hydroxylation is 1. The monoisotopic (exact) mass is 274 g/mol. The molecule has 0 spiro atoms. The molecule has 20 heavy (non-hydrogen) atoms. The van der Waals surface area contributed by atoms with E-state index >= 15 is 0 Å². The quantitative estimate of drug-likeness (QED) is 0.895. The van der Waals surface area contributed by atoms with Crippen LogP contribution in [0.4, 0.5) is 10.1 Å². The van der Waals surface area contributed by atoms with Crippen molar-refractivity contribution in [2.45, 2.75) is 19.9 Å². The standard InChI is InChI=1S/C14H15FN4O/c1-8-13(18-6-5-17-8)9(2)19-12-7-10(14(16)20)3-4-11(12)15/h3-7,9,19H,1-2H3,(H2,16,20). The third-order valence-electron chi connectivity index (χ3n) is 2.95. The number of anilines is 1. The highest BCUT2D eigenvalue weighted by Gasteiger charge is 2.14. The van der Waals surface area contributed by atoms with Crippen LogP contribution in [0.15, 0.2) is 30.6 Å². The molecule has 0 aliphatic carbocycles. The van der Waals surface area contributed by atoms with Gasteiger partial charge >= 0.3 is 0 Å². The summed E-state index contributed by atoms with van der Waals surface area (Å²) in [4.78, 5) is 19.5. The first-order chi connectivity index (χ1) is 9.49. The third-order valence-corrected chi connectivity index (χ3v) is 2.95. The fourth-order valence-corrected chi connectivity index (χ4v) is 1.93. The molecule has 2 aromatic rings. The molecule has 5 nitrogen and oxygen atoms in total. The number of benzene rings is 1. The van der Waals surface area contributed by atoms with Crippen LogP contribution in [0.1, 0.15) is 34.7 Å². The predicted molar refractivity (Wildman–Crippen MR) is 73.7 cm³/mol. The summed E-state index contributed by atoms with van der Waals surface area (Å²) in [6.45, 7) is 3.67. The molecule has 0 fully saturated rings. The van der Waals surface area contributed by atoms with E-state index in [4.69, 9.17) is 5.73 Å². The number of amides is 1. The Morgan fingerprint density at radius 3 is 2.70 bits per heavy atom. The van der Waals surface area contributed by atoms with E-state index in [0.29, 0.717) is 0 Å². The van der Waals surface area contributed by atoms with Gasteiger partial charge in [-0.2, -0.15) is 0 Å². The Morgan fingerprint density at radius 1 is 1.35 bits per heavy atom. The molecule has 1 aromatic heterocycles. The Balaban J connectivity index is 2.28. The number of nitrogens with zero attached hydrogens (tertiary/aromatic N) is 2. The lowest BCUT2D eigenvalue weighted by Crippen LogP contribution is -2.14. The zero-order valence-electron chi connectivity index (χ0n) is 11.2. The topological polar surface area (TPSA) is 80.9 Å². The predicted octanol–water partition coefficient (Wildman–Crippen LogP) is 2.20. The number of aromatic nitrogens is 2. The molecule has 1 atom stereocenters. The van der Waals surface area contributed by atoms with Gasteiger partial charge in [0.2, 0.25) is 5.91 Å². The molecule has 104 valence electrons. The van der Waals surface area contributed by atoms with Gasteiger partial charge in [-0.1, -0.05) is 0 Å². The molecule has 1 amide bonds. The van der Waals surface area contributed by atoms with Crippen molar-refractivity contribution in [2.75, 3.05) is 5.32 Å². The average Bonchev–Trinajstić information content (AvgIpc) is 2.41. The molecular weight excluding hydrogens is 259 g/mol. The Bertz CT molecular complexity index is 645. The summed E-state index contributed by atoms with van der Waals surface area (Å²) in [5, 5.41) is 2.98. The minimum absolute atomic E-state index is 0.207. The molecule has 1 heterocycles. The number of hydrogen-bond donors (Lipinski definition) is 2. The van der Waals surface area contributed by atoms with Crippen LogP contribution < -0.4 is 11.1 Å². The van der Waals surface area contributed by atoms with Gasteiger partial charge in [-0.15, -0.1) is 0 Å². The van der Waals surface area contributed by atoms with Crippen molar-refractivity contribution in [3.05, 3.63) is 53.4 Å². The minimum atomic E-state index is -0.601. The highest BCUT2D eigenvalue weighted by atomic mass is 19.1. The second-order valence-corrected chi connectivity index (χ2v) is 4.45. The maximum absolute atomic E-state index is 13.8. The molecule has 0 radical (unpaired) electrons. The molecule has 3 N–H and O–H groups in total. The fraction of sp³-hybridized carbons (Fsp3) is 0.214. The number of nitrogens with two attached hydrogens (primary N) is 1. The van der Waals surface area contributed by atoms with Gasteiger partial charge in [0.15, 0.2) is 0 Å². The Hall–Kier alpha value is -2.50. The van der Waals surface area contributed by atoms with Crippen molar-refractivity contribution in [3.8, 4) is 0 Å². The summed E-state index contributed by atoms with van der Waals surface area (Å²) >= 11 is 0. The molecule has 0 saturated carbocycles. The van der Waals surface area contributed by atoms with Crippen molar-refractivity contribution in [3.63, 3.8) is 0 Å². The van der Waals surface area contributed by atoms with E-state index in [1.165, 1.54) is 18.2 Å². The normalized spacial score (nSPS) is 11.9. The number of carbonyl (C=O) groups excluding carboxylic acids is 1. The second kappa shape index (κ2) is 5.64. The van der Waals surface area contributed by atoms with Crippen LogP contribution in [0.2, 0.25) is 0 Å². The SMILES string of the molecule is Cc1nccnc1C(C)Nc1cc(C(N)=O)ccc1F. The first-order valence-electron chi connectivity index (χ1n) is 6.12. The van der Waals surface area contributed by atoms with Crippen LogP contribution in [0.25, 0.3) is 0 Å². The van der Waals surface area contributed by atoms with E-state index in [0.717, 1.165) is 11.4 Å². The minimum Gasteiger partial charge on any atom is -0.374 e. The third kappa shape index (κ3) is 2.90. The number of primary amides is 1. The summed E-state index contributed by atoms with van der Waals surface area (Å²) < 4.78 is 13.8. The zero-order chi connectivity index (χ0) is 14.7. The van der Waals surface area contributed by atoms with E-state index in [2.05, 4.69) is 15.3 Å². The zero-order valence-corrected chi connectivity index (χ0v) is 11.2. The molecular formula is C14H15FN4O. The number of halogens is 1. The van der Waals surface area contributed by atoms with Crippen molar-refractivity contribution in [1.29, 1.82) is 0 Å². The first kappa shape index (κ1) is 13.9. The van der Waals surface area contributed by atoms with E-state index in [9.17, 15) is 9.18 Å². The lowest BCUT2D eigenvalue weighted by molar-refractivity contribution is 0.100. The van der Waals surface area contributed by atoms with Crippen molar-refractivity contribution in [1.82, 2.24) is 9.97 Å². The van der Waals surface area contributed by atoms with E-state index in [1.54, 1.807) is 12.4 Å². The molecule has 2 rings (SSSR count). The maximum atomic E-state index is 13.8. The van der Waals surface area contributed by atoms with Gasteiger partial charge in [0.05, 0.1) is 23.1 Å². The van der Waals surface area contributed by atoms with Crippen molar-refractivity contribution >= 4 is 11.6 Å². The molecule has 0 aliphatic heterocycles. The maximum Gasteiger partial charge on any atom is 0.248 e. The lowest BCUT2D eigenvalue weighted by atomic mass is 10.1. The Labute approximate surface area is 116 Å². The van der Waals surface area contributed by atoms with Gasteiger partial charge in [0.25, 0.3) is 0 Å². The van der Waals surface area contributed by atoms with Crippen molar-refractivity contribution < 1.29 is 9.18 Å². The number of rotatable bonds is 4. The Kier molecular flexibility index (Phi) is 3.93. The van der Waals surface area contributed by atoms with Gasteiger partial charge in [-0.25, -0.2) is 4.39 Å². The van der Waals surface area contributed by atoms with Crippen LogP contribution >= 0.6 is 0 Å². The summed E-state index contributed by atoms with van der Waals surface area (Å²) in [5.41, 5.74) is 7.12. The van der Waals surface area contributed by atoms with Gasteiger partial charge in [-0.3, -0.25) is 14.8 Å². The largest absolute Gasteiger partial charge is 0.374 e. The summed E-state index contributed by atoms with van der Waals surface area (Å²) in [7, 11) is 0. The molecule has 0 saturated heterocycles. The van der Waals surface area contributed by atoms with Crippen LogP contribution in [-0.2, 0) is 0 Å². The van der Waals surface area contributed by atoms with Gasteiger partial charge < -0.3 is 11.1 Å². The van der Waals surface area contributed by atoms with Crippen LogP contribution in [-0.4, -0.2) is 15.9 Å². The number of nitrogens with one attached hydrogen (secondary N) is 1. The first-order valence-corrected chi connectivity index (χ1v) is 6.12. The highest BCUT2D eigenvalue weighted by molar-refractivity contribution is 5.93.